The number of benzene rings is 4. The lowest BCUT2D eigenvalue weighted by Crippen LogP contribution is -2.29. The monoisotopic (exact) mass is 624 g/mol. The summed E-state index contributed by atoms with van der Waals surface area (Å²) in [4.78, 5) is 24.7. The second kappa shape index (κ2) is 14.0. The highest BCUT2D eigenvalue weighted by molar-refractivity contribution is 7.92. The van der Waals surface area contributed by atoms with Gasteiger partial charge in [-0.25, -0.2) is 13.8 Å². The highest BCUT2D eigenvalue weighted by atomic mass is 35.5. The lowest BCUT2D eigenvalue weighted by atomic mass is 10.2. The Morgan fingerprint density at radius 2 is 1.57 bits per heavy atom. The number of halogens is 2. The first-order valence-electron chi connectivity index (χ1n) is 12.5. The molecule has 216 valence electrons. The fourth-order valence-corrected chi connectivity index (χ4v) is 4.91. The standard InChI is InChI=1S/C30H26Cl2N4O5S/c1-42(39,40)36(19-22-6-12-24(31)13-7-22)25-14-10-23(11-15-25)30(38)35-33-18-21-8-16-26(17-9-21)41-20-29(37)34-28-5-3-2-4-27(28)32/h2-18H,19-20H2,1H3,(H,34,37)(H,35,38)/b33-18-. The van der Waals surface area contributed by atoms with E-state index in [2.05, 4.69) is 15.8 Å². The maximum Gasteiger partial charge on any atom is 0.271 e. The topological polar surface area (TPSA) is 117 Å². The van der Waals surface area contributed by atoms with Gasteiger partial charge in [-0.1, -0.05) is 47.5 Å². The van der Waals surface area contributed by atoms with Crippen molar-refractivity contribution in [2.45, 2.75) is 6.54 Å². The molecular formula is C30H26Cl2N4O5S. The minimum absolute atomic E-state index is 0.116. The Morgan fingerprint density at radius 1 is 0.905 bits per heavy atom. The number of hydrogen-bond acceptors (Lipinski definition) is 6. The summed E-state index contributed by atoms with van der Waals surface area (Å²) in [5.41, 5.74) is 5.11. The van der Waals surface area contributed by atoms with Crippen LogP contribution < -0.4 is 19.8 Å². The molecule has 0 aromatic heterocycles. The molecule has 2 N–H and O–H groups in total. The van der Waals surface area contributed by atoms with E-state index < -0.39 is 15.9 Å². The van der Waals surface area contributed by atoms with Crippen molar-refractivity contribution in [1.29, 1.82) is 0 Å². The Kier molecular flexibility index (Phi) is 10.2. The van der Waals surface area contributed by atoms with Crippen LogP contribution >= 0.6 is 23.2 Å². The quantitative estimate of drug-likeness (QED) is 0.163. The van der Waals surface area contributed by atoms with Crippen molar-refractivity contribution in [3.05, 3.63) is 124 Å². The molecular weight excluding hydrogens is 599 g/mol. The van der Waals surface area contributed by atoms with Gasteiger partial charge in [0.2, 0.25) is 10.0 Å². The molecule has 0 spiro atoms. The lowest BCUT2D eigenvalue weighted by molar-refractivity contribution is -0.118. The smallest absolute Gasteiger partial charge is 0.271 e. The van der Waals surface area contributed by atoms with Gasteiger partial charge in [0, 0.05) is 10.6 Å². The molecule has 4 aromatic rings. The number of amides is 2. The van der Waals surface area contributed by atoms with Gasteiger partial charge in [0.15, 0.2) is 6.61 Å². The molecule has 0 aliphatic heterocycles. The zero-order valence-electron chi connectivity index (χ0n) is 22.3. The van der Waals surface area contributed by atoms with Gasteiger partial charge in [-0.2, -0.15) is 5.10 Å². The summed E-state index contributed by atoms with van der Waals surface area (Å²) >= 11 is 12.0. The van der Waals surface area contributed by atoms with Crippen LogP contribution in [0.4, 0.5) is 11.4 Å². The predicted molar refractivity (Wildman–Crippen MR) is 166 cm³/mol. The van der Waals surface area contributed by atoms with Gasteiger partial charge in [0.05, 0.1) is 35.4 Å². The second-order valence-electron chi connectivity index (χ2n) is 9.03. The minimum Gasteiger partial charge on any atom is -0.484 e. The molecule has 0 radical (unpaired) electrons. The van der Waals surface area contributed by atoms with E-state index in [0.29, 0.717) is 38.3 Å². The zero-order valence-corrected chi connectivity index (χ0v) is 24.7. The molecule has 42 heavy (non-hydrogen) atoms. The van der Waals surface area contributed by atoms with Crippen LogP contribution in [0.3, 0.4) is 0 Å². The molecule has 0 aliphatic carbocycles. The number of hydrazone groups is 1. The molecule has 0 bridgehead atoms. The van der Waals surface area contributed by atoms with E-state index in [9.17, 15) is 18.0 Å². The Labute approximate surface area is 253 Å². The van der Waals surface area contributed by atoms with E-state index in [-0.39, 0.29) is 19.1 Å². The summed E-state index contributed by atoms with van der Waals surface area (Å²) < 4.78 is 31.6. The minimum atomic E-state index is -3.59. The first-order valence-corrected chi connectivity index (χ1v) is 15.1. The highest BCUT2D eigenvalue weighted by Crippen LogP contribution is 2.23. The summed E-state index contributed by atoms with van der Waals surface area (Å²) in [7, 11) is -3.59. The van der Waals surface area contributed by atoms with E-state index in [0.717, 1.165) is 11.8 Å². The Bertz CT molecular complexity index is 1680. The third kappa shape index (κ3) is 8.81. The Balaban J connectivity index is 1.29. The largest absolute Gasteiger partial charge is 0.484 e. The van der Waals surface area contributed by atoms with Crippen molar-refractivity contribution < 1.29 is 22.7 Å². The van der Waals surface area contributed by atoms with Gasteiger partial charge in [0.25, 0.3) is 11.8 Å². The van der Waals surface area contributed by atoms with Crippen LogP contribution in [0, 0.1) is 0 Å². The molecule has 0 unspecified atom stereocenters. The number of para-hydroxylation sites is 1. The van der Waals surface area contributed by atoms with Crippen LogP contribution in [0.5, 0.6) is 5.75 Å². The van der Waals surface area contributed by atoms with Crippen molar-refractivity contribution in [1.82, 2.24) is 5.43 Å². The molecule has 4 aromatic carbocycles. The van der Waals surface area contributed by atoms with Crippen LogP contribution in [0.2, 0.25) is 10.0 Å². The third-order valence-corrected chi connectivity index (χ3v) is 7.56. The number of nitrogens with one attached hydrogen (secondary N) is 2. The normalized spacial score (nSPS) is 11.2. The third-order valence-electron chi connectivity index (χ3n) is 5.83. The first-order chi connectivity index (χ1) is 20.1. The van der Waals surface area contributed by atoms with Gasteiger partial charge >= 0.3 is 0 Å². The van der Waals surface area contributed by atoms with Gasteiger partial charge in [-0.15, -0.1) is 0 Å². The van der Waals surface area contributed by atoms with E-state index >= 15 is 0 Å². The SMILES string of the molecule is CS(=O)(=O)N(Cc1ccc(Cl)cc1)c1ccc(C(=O)N/N=C\c2ccc(OCC(=O)Nc3ccccc3Cl)cc2)cc1. The highest BCUT2D eigenvalue weighted by Gasteiger charge is 2.18. The summed E-state index contributed by atoms with van der Waals surface area (Å²) in [6.45, 7) is -0.0813. The maximum atomic E-state index is 12.6. The number of rotatable bonds is 11. The van der Waals surface area contributed by atoms with E-state index in [1.165, 1.54) is 22.7 Å². The second-order valence-corrected chi connectivity index (χ2v) is 11.8. The average Bonchev–Trinajstić information content (AvgIpc) is 2.97. The van der Waals surface area contributed by atoms with E-state index in [4.69, 9.17) is 27.9 Å². The molecule has 0 aliphatic rings. The van der Waals surface area contributed by atoms with Crippen molar-refractivity contribution in [3.63, 3.8) is 0 Å². The number of carbonyl (C=O) groups is 2. The molecule has 4 rings (SSSR count). The number of carbonyl (C=O) groups excluding carboxylic acids is 2. The maximum absolute atomic E-state index is 12.6. The predicted octanol–water partition coefficient (Wildman–Crippen LogP) is 5.74. The zero-order chi connectivity index (χ0) is 30.1. The summed E-state index contributed by atoms with van der Waals surface area (Å²) in [6.07, 6.45) is 2.58. The van der Waals surface area contributed by atoms with Gasteiger partial charge in [-0.05, 0) is 83.9 Å². The molecule has 0 saturated heterocycles. The number of hydrogen-bond donors (Lipinski definition) is 2. The molecule has 0 heterocycles. The molecule has 0 fully saturated rings. The average molecular weight is 626 g/mol. The fraction of sp³-hybridized carbons (Fsp3) is 0.100. The van der Waals surface area contributed by atoms with Crippen molar-refractivity contribution in [2.24, 2.45) is 5.10 Å². The van der Waals surface area contributed by atoms with Gasteiger partial charge < -0.3 is 10.1 Å². The summed E-state index contributed by atoms with van der Waals surface area (Å²) in [5.74, 6) is -0.342. The molecule has 2 amide bonds. The van der Waals surface area contributed by atoms with Gasteiger partial charge in [-0.3, -0.25) is 13.9 Å². The summed E-state index contributed by atoms with van der Waals surface area (Å²) in [6, 6.07) is 26.7. The van der Waals surface area contributed by atoms with Crippen LogP contribution in [0.15, 0.2) is 102 Å². The number of anilines is 2. The van der Waals surface area contributed by atoms with Crippen LogP contribution in [0.25, 0.3) is 0 Å². The number of sulfonamides is 1. The van der Waals surface area contributed by atoms with Crippen molar-refractivity contribution in [2.75, 3.05) is 22.5 Å². The summed E-state index contributed by atoms with van der Waals surface area (Å²) in [5, 5.41) is 7.65. The fourth-order valence-electron chi connectivity index (χ4n) is 3.71. The Hall–Kier alpha value is -4.38. The molecule has 12 heteroatoms. The number of nitrogens with zero attached hydrogens (tertiary/aromatic N) is 2. The van der Waals surface area contributed by atoms with Gasteiger partial charge in [0.1, 0.15) is 5.75 Å². The van der Waals surface area contributed by atoms with Crippen molar-refractivity contribution >= 4 is 62.6 Å². The van der Waals surface area contributed by atoms with E-state index in [1.54, 1.807) is 84.9 Å². The number of ether oxygens (including phenoxy) is 1. The van der Waals surface area contributed by atoms with Crippen LogP contribution in [0.1, 0.15) is 21.5 Å². The van der Waals surface area contributed by atoms with Crippen molar-refractivity contribution in [3.8, 4) is 5.75 Å². The Morgan fingerprint density at radius 3 is 2.21 bits per heavy atom. The molecule has 0 atom stereocenters. The first kappa shape index (κ1) is 30.6. The molecule has 9 nitrogen and oxygen atoms in total. The van der Waals surface area contributed by atoms with E-state index in [1.807, 2.05) is 0 Å². The molecule has 0 saturated carbocycles. The van der Waals surface area contributed by atoms with Crippen LogP contribution in [-0.4, -0.2) is 39.3 Å². The lowest BCUT2D eigenvalue weighted by Gasteiger charge is -2.22. The van der Waals surface area contributed by atoms with Crippen LogP contribution in [-0.2, 0) is 21.4 Å².